The zero-order valence-corrected chi connectivity index (χ0v) is 12.5. The van der Waals surface area contributed by atoms with Crippen molar-refractivity contribution in [3.8, 4) is 17.0 Å². The molecule has 0 atom stereocenters. The van der Waals surface area contributed by atoms with E-state index in [9.17, 15) is 0 Å². The number of ether oxygens (including phenoxy) is 1. The number of nitrogen functional groups attached to an aromatic ring is 1. The lowest BCUT2D eigenvalue weighted by molar-refractivity contribution is 0.415. The molecular formula is C15H18ClN3O. The number of halogens is 1. The van der Waals surface area contributed by atoms with E-state index in [0.717, 1.165) is 29.1 Å². The number of anilines is 1. The van der Waals surface area contributed by atoms with Gasteiger partial charge in [0.2, 0.25) is 0 Å². The molecule has 1 aromatic heterocycles. The van der Waals surface area contributed by atoms with Gasteiger partial charge in [-0.3, -0.25) is 4.68 Å². The molecule has 0 spiro atoms. The second kappa shape index (κ2) is 5.02. The molecule has 1 heterocycles. The van der Waals surface area contributed by atoms with Crippen molar-refractivity contribution in [2.45, 2.75) is 25.7 Å². The van der Waals surface area contributed by atoms with Crippen molar-refractivity contribution >= 4 is 17.4 Å². The number of nitrogens with two attached hydrogens (primary N) is 1. The van der Waals surface area contributed by atoms with Gasteiger partial charge in [0, 0.05) is 18.7 Å². The van der Waals surface area contributed by atoms with Crippen molar-refractivity contribution in [2.24, 2.45) is 7.05 Å². The number of methoxy groups -OCH3 is 1. The van der Waals surface area contributed by atoms with Crippen molar-refractivity contribution < 1.29 is 4.74 Å². The van der Waals surface area contributed by atoms with E-state index >= 15 is 0 Å². The van der Waals surface area contributed by atoms with Crippen LogP contribution < -0.4 is 10.5 Å². The Hall–Kier alpha value is -1.68. The molecule has 4 nitrogen and oxygen atoms in total. The summed E-state index contributed by atoms with van der Waals surface area (Å²) in [5, 5.41) is 5.16. The number of fused-ring (bicyclic) bond motifs is 1. The lowest BCUT2D eigenvalue weighted by Crippen LogP contribution is -2.05. The summed E-state index contributed by atoms with van der Waals surface area (Å²) in [6, 6.07) is 4.00. The Morgan fingerprint density at radius 3 is 2.70 bits per heavy atom. The molecule has 0 radical (unpaired) electrons. The SMILES string of the molecule is COc1c(-c2cc(N)n(C)n2)cc2c(c1Cl)CCCC2. The molecule has 0 fully saturated rings. The van der Waals surface area contributed by atoms with Crippen LogP contribution in [0.25, 0.3) is 11.3 Å². The molecule has 106 valence electrons. The quantitative estimate of drug-likeness (QED) is 0.924. The predicted molar refractivity (Wildman–Crippen MR) is 81.3 cm³/mol. The van der Waals surface area contributed by atoms with Gasteiger partial charge < -0.3 is 10.5 Å². The summed E-state index contributed by atoms with van der Waals surface area (Å²) in [5.74, 6) is 1.32. The predicted octanol–water partition coefficient (Wildman–Crippen LogP) is 3.21. The van der Waals surface area contributed by atoms with E-state index in [4.69, 9.17) is 22.1 Å². The van der Waals surface area contributed by atoms with Crippen LogP contribution in [0.2, 0.25) is 5.02 Å². The molecule has 2 aromatic rings. The molecule has 1 aromatic carbocycles. The summed E-state index contributed by atoms with van der Waals surface area (Å²) in [7, 11) is 3.47. The molecular weight excluding hydrogens is 274 g/mol. The van der Waals surface area contributed by atoms with Crippen LogP contribution in [0, 0.1) is 0 Å². The maximum absolute atomic E-state index is 6.54. The Bertz CT molecular complexity index is 644. The summed E-state index contributed by atoms with van der Waals surface area (Å²) in [6.07, 6.45) is 4.48. The third-order valence-corrected chi connectivity index (χ3v) is 4.33. The minimum Gasteiger partial charge on any atom is -0.494 e. The van der Waals surface area contributed by atoms with Gasteiger partial charge in [-0.2, -0.15) is 5.10 Å². The number of hydrogen-bond donors (Lipinski definition) is 1. The zero-order chi connectivity index (χ0) is 14.3. The van der Waals surface area contributed by atoms with Crippen molar-refractivity contribution in [3.05, 3.63) is 28.3 Å². The average molecular weight is 292 g/mol. The van der Waals surface area contributed by atoms with E-state index in [1.54, 1.807) is 11.8 Å². The van der Waals surface area contributed by atoms with Gasteiger partial charge in [0.15, 0.2) is 0 Å². The zero-order valence-electron chi connectivity index (χ0n) is 11.7. The summed E-state index contributed by atoms with van der Waals surface area (Å²) >= 11 is 6.54. The van der Waals surface area contributed by atoms with Crippen molar-refractivity contribution in [1.29, 1.82) is 0 Å². The second-order valence-electron chi connectivity index (χ2n) is 5.19. The number of aromatic nitrogens is 2. The highest BCUT2D eigenvalue weighted by molar-refractivity contribution is 6.33. The first kappa shape index (κ1) is 13.3. The van der Waals surface area contributed by atoms with Crippen LogP contribution in [-0.2, 0) is 19.9 Å². The van der Waals surface area contributed by atoms with Gasteiger partial charge in [-0.15, -0.1) is 0 Å². The summed E-state index contributed by atoms with van der Waals surface area (Å²) in [5.41, 5.74) is 10.1. The first-order chi connectivity index (χ1) is 9.61. The second-order valence-corrected chi connectivity index (χ2v) is 5.57. The van der Waals surface area contributed by atoms with E-state index in [2.05, 4.69) is 11.2 Å². The molecule has 0 bridgehead atoms. The Kier molecular flexibility index (Phi) is 3.34. The van der Waals surface area contributed by atoms with Crippen molar-refractivity contribution in [1.82, 2.24) is 9.78 Å². The molecule has 0 aliphatic heterocycles. The van der Waals surface area contributed by atoms with Crippen molar-refractivity contribution in [2.75, 3.05) is 12.8 Å². The smallest absolute Gasteiger partial charge is 0.147 e. The number of hydrogen-bond acceptors (Lipinski definition) is 3. The largest absolute Gasteiger partial charge is 0.494 e. The van der Waals surface area contributed by atoms with E-state index < -0.39 is 0 Å². The van der Waals surface area contributed by atoms with Crippen LogP contribution in [0.5, 0.6) is 5.75 Å². The van der Waals surface area contributed by atoms with Gasteiger partial charge in [-0.25, -0.2) is 0 Å². The van der Waals surface area contributed by atoms with E-state index in [1.165, 1.54) is 24.0 Å². The highest BCUT2D eigenvalue weighted by Crippen LogP contribution is 2.42. The topological polar surface area (TPSA) is 53.1 Å². The fourth-order valence-electron chi connectivity index (χ4n) is 2.84. The molecule has 0 saturated heterocycles. The third-order valence-electron chi connectivity index (χ3n) is 3.93. The maximum Gasteiger partial charge on any atom is 0.147 e. The summed E-state index contributed by atoms with van der Waals surface area (Å²) in [4.78, 5) is 0. The molecule has 0 saturated carbocycles. The Morgan fingerprint density at radius 2 is 2.05 bits per heavy atom. The van der Waals surface area contributed by atoms with Gasteiger partial charge in [-0.05, 0) is 42.9 Å². The van der Waals surface area contributed by atoms with Crippen molar-refractivity contribution in [3.63, 3.8) is 0 Å². The normalized spacial score (nSPS) is 14.2. The number of rotatable bonds is 2. The minimum atomic E-state index is 0.621. The first-order valence-corrected chi connectivity index (χ1v) is 7.17. The van der Waals surface area contributed by atoms with Gasteiger partial charge in [0.05, 0.1) is 17.8 Å². The first-order valence-electron chi connectivity index (χ1n) is 6.80. The van der Waals surface area contributed by atoms with Gasteiger partial charge in [-0.1, -0.05) is 11.6 Å². The fourth-order valence-corrected chi connectivity index (χ4v) is 3.23. The number of nitrogens with zero attached hydrogens (tertiary/aromatic N) is 2. The molecule has 1 aliphatic rings. The molecule has 0 unspecified atom stereocenters. The maximum atomic E-state index is 6.54. The van der Waals surface area contributed by atoms with E-state index in [0.29, 0.717) is 11.6 Å². The van der Waals surface area contributed by atoms with E-state index in [1.807, 2.05) is 13.1 Å². The van der Waals surface area contributed by atoms with Crippen LogP contribution >= 0.6 is 11.6 Å². The lowest BCUT2D eigenvalue weighted by atomic mass is 9.89. The van der Waals surface area contributed by atoms with Crippen LogP contribution in [0.4, 0.5) is 5.82 Å². The standard InChI is InChI=1S/C15H18ClN3O/c1-19-13(17)8-12(18-19)11-7-9-5-3-4-6-10(9)14(16)15(11)20-2/h7-8H,3-6,17H2,1-2H3. The summed E-state index contributed by atoms with van der Waals surface area (Å²) in [6.45, 7) is 0. The molecule has 5 heteroatoms. The molecule has 3 rings (SSSR count). The van der Waals surface area contributed by atoms with Crippen LogP contribution in [0.15, 0.2) is 12.1 Å². The average Bonchev–Trinajstić information content (AvgIpc) is 2.78. The van der Waals surface area contributed by atoms with Crippen LogP contribution in [0.3, 0.4) is 0 Å². The highest BCUT2D eigenvalue weighted by Gasteiger charge is 2.22. The van der Waals surface area contributed by atoms with Crippen LogP contribution in [-0.4, -0.2) is 16.9 Å². The molecule has 20 heavy (non-hydrogen) atoms. The fraction of sp³-hybridized carbons (Fsp3) is 0.400. The van der Waals surface area contributed by atoms with Gasteiger partial charge >= 0.3 is 0 Å². The van der Waals surface area contributed by atoms with E-state index in [-0.39, 0.29) is 0 Å². The monoisotopic (exact) mass is 291 g/mol. The Morgan fingerprint density at radius 1 is 1.30 bits per heavy atom. The van der Waals surface area contributed by atoms with Gasteiger partial charge in [0.25, 0.3) is 0 Å². The number of benzene rings is 1. The Balaban J connectivity index is 2.21. The molecule has 2 N–H and O–H groups in total. The highest BCUT2D eigenvalue weighted by atomic mass is 35.5. The molecule has 1 aliphatic carbocycles. The van der Waals surface area contributed by atoms with Crippen LogP contribution in [0.1, 0.15) is 24.0 Å². The lowest BCUT2D eigenvalue weighted by Gasteiger charge is -2.21. The molecule has 0 amide bonds. The third kappa shape index (κ3) is 2.04. The van der Waals surface area contributed by atoms with Gasteiger partial charge in [0.1, 0.15) is 11.6 Å². The number of aryl methyl sites for hydroxylation is 2. The Labute approximate surface area is 123 Å². The summed E-state index contributed by atoms with van der Waals surface area (Å²) < 4.78 is 7.18. The minimum absolute atomic E-state index is 0.621.